The van der Waals surface area contributed by atoms with Crippen molar-refractivity contribution in [1.82, 2.24) is 19.3 Å². The van der Waals surface area contributed by atoms with Crippen molar-refractivity contribution in [2.75, 3.05) is 31.1 Å². The van der Waals surface area contributed by atoms with E-state index >= 15 is 0 Å². The average Bonchev–Trinajstić information content (AvgIpc) is 2.84. The van der Waals surface area contributed by atoms with E-state index in [2.05, 4.69) is 4.98 Å². The number of hydrogen-bond acceptors (Lipinski definition) is 8. The fraction of sp³-hybridized carbons (Fsp3) is 0.304. The lowest BCUT2D eigenvalue weighted by Gasteiger charge is -2.34. The van der Waals surface area contributed by atoms with Crippen molar-refractivity contribution >= 4 is 33.7 Å². The van der Waals surface area contributed by atoms with Gasteiger partial charge in [-0.2, -0.15) is 12.7 Å². The number of benzene rings is 1. The van der Waals surface area contributed by atoms with E-state index in [4.69, 9.17) is 25.8 Å². The van der Waals surface area contributed by atoms with Crippen LogP contribution in [-0.2, 0) is 19.3 Å². The predicted molar refractivity (Wildman–Crippen MR) is 129 cm³/mol. The number of hydrogen-bond donors (Lipinski definition) is 0. The zero-order valence-electron chi connectivity index (χ0n) is 18.8. The van der Waals surface area contributed by atoms with Crippen molar-refractivity contribution in [3.63, 3.8) is 0 Å². The molecule has 34 heavy (non-hydrogen) atoms. The largest absolute Gasteiger partial charge is 0.387 e. The van der Waals surface area contributed by atoms with Gasteiger partial charge in [0.1, 0.15) is 5.82 Å². The maximum Gasteiger partial charge on any atom is 0.387 e. The second-order valence-electron chi connectivity index (χ2n) is 8.08. The maximum absolute atomic E-state index is 12.5. The van der Waals surface area contributed by atoms with Crippen molar-refractivity contribution in [2.45, 2.75) is 13.8 Å². The second kappa shape index (κ2) is 10.0. The van der Waals surface area contributed by atoms with Crippen LogP contribution in [0.2, 0.25) is 5.02 Å². The first-order chi connectivity index (χ1) is 16.2. The predicted octanol–water partition coefficient (Wildman–Crippen LogP) is 3.43. The summed E-state index contributed by atoms with van der Waals surface area (Å²) in [5, 5.41) is 0.626. The number of piperazine rings is 1. The third kappa shape index (κ3) is 5.52. The van der Waals surface area contributed by atoms with Gasteiger partial charge in [-0.1, -0.05) is 37.6 Å². The van der Waals surface area contributed by atoms with E-state index in [9.17, 15) is 13.2 Å². The molecule has 4 rings (SSSR count). The molecule has 1 aliphatic rings. The van der Waals surface area contributed by atoms with E-state index < -0.39 is 22.2 Å². The SMILES string of the molecule is CC(C)C(=O)OS(=O)(=O)N1CCN(c2cc(-c3ccc(Cl)cc3)nc(-c3cccnc3)n2)CC1. The van der Waals surface area contributed by atoms with Gasteiger partial charge in [-0.3, -0.25) is 9.78 Å². The summed E-state index contributed by atoms with van der Waals surface area (Å²) >= 11 is 6.04. The van der Waals surface area contributed by atoms with Crippen molar-refractivity contribution in [3.8, 4) is 22.6 Å². The van der Waals surface area contributed by atoms with Crippen molar-refractivity contribution < 1.29 is 17.4 Å². The van der Waals surface area contributed by atoms with Gasteiger partial charge < -0.3 is 9.08 Å². The fourth-order valence-corrected chi connectivity index (χ4v) is 4.62. The van der Waals surface area contributed by atoms with Crippen molar-refractivity contribution in [1.29, 1.82) is 0 Å². The Morgan fingerprint density at radius 3 is 2.35 bits per heavy atom. The molecule has 1 aliphatic heterocycles. The van der Waals surface area contributed by atoms with Crippen LogP contribution in [0.15, 0.2) is 54.9 Å². The number of anilines is 1. The molecule has 178 valence electrons. The molecule has 0 atom stereocenters. The Kier molecular flexibility index (Phi) is 7.11. The number of aromatic nitrogens is 3. The lowest BCUT2D eigenvalue weighted by Crippen LogP contribution is -2.49. The molecule has 0 spiro atoms. The topological polar surface area (TPSA) is 106 Å². The van der Waals surface area contributed by atoms with Gasteiger partial charge >= 0.3 is 16.3 Å². The molecule has 11 heteroatoms. The molecule has 0 unspecified atom stereocenters. The molecular weight excluding hydrogens is 478 g/mol. The smallest absolute Gasteiger partial charge is 0.354 e. The summed E-state index contributed by atoms with van der Waals surface area (Å²) in [6.45, 7) is 4.25. The van der Waals surface area contributed by atoms with Gasteiger partial charge in [-0.05, 0) is 24.3 Å². The van der Waals surface area contributed by atoms with Crippen molar-refractivity contribution in [2.24, 2.45) is 5.92 Å². The van der Waals surface area contributed by atoms with Crippen LogP contribution in [0.1, 0.15) is 13.8 Å². The number of carbonyl (C=O) groups excluding carboxylic acids is 1. The molecule has 0 aliphatic carbocycles. The zero-order valence-corrected chi connectivity index (χ0v) is 20.3. The van der Waals surface area contributed by atoms with Gasteiger partial charge in [-0.25, -0.2) is 9.97 Å². The molecule has 9 nitrogen and oxygen atoms in total. The van der Waals surface area contributed by atoms with Gasteiger partial charge in [0.2, 0.25) is 0 Å². The number of pyridine rings is 1. The van der Waals surface area contributed by atoms with Gasteiger partial charge in [0.25, 0.3) is 0 Å². The van der Waals surface area contributed by atoms with Crippen LogP contribution in [0.3, 0.4) is 0 Å². The molecule has 3 aromatic rings. The highest BCUT2D eigenvalue weighted by atomic mass is 35.5. The Morgan fingerprint density at radius 1 is 1.03 bits per heavy atom. The van der Waals surface area contributed by atoms with Crippen LogP contribution in [0.25, 0.3) is 22.6 Å². The molecule has 1 fully saturated rings. The molecule has 2 aromatic heterocycles. The van der Waals surface area contributed by atoms with Gasteiger partial charge in [0.15, 0.2) is 5.82 Å². The van der Waals surface area contributed by atoms with Crippen molar-refractivity contribution in [3.05, 3.63) is 59.9 Å². The van der Waals surface area contributed by atoms with E-state index in [-0.39, 0.29) is 13.1 Å². The molecule has 0 radical (unpaired) electrons. The van der Waals surface area contributed by atoms with Crippen LogP contribution >= 0.6 is 11.6 Å². The highest BCUT2D eigenvalue weighted by molar-refractivity contribution is 7.84. The average molecular weight is 502 g/mol. The summed E-state index contributed by atoms with van der Waals surface area (Å²) in [5.74, 6) is -0.132. The highest BCUT2D eigenvalue weighted by Gasteiger charge is 2.31. The van der Waals surface area contributed by atoms with E-state index in [1.165, 1.54) is 4.31 Å². The highest BCUT2D eigenvalue weighted by Crippen LogP contribution is 2.27. The second-order valence-corrected chi connectivity index (χ2v) is 10.1. The van der Waals surface area contributed by atoms with Crippen LogP contribution in [-0.4, -0.2) is 59.8 Å². The lowest BCUT2D eigenvalue weighted by molar-refractivity contribution is -0.137. The van der Waals surface area contributed by atoms with Crippen LogP contribution in [0.4, 0.5) is 5.82 Å². The van der Waals surface area contributed by atoms with Crippen LogP contribution in [0, 0.1) is 5.92 Å². The molecule has 0 N–H and O–H groups in total. The van der Waals surface area contributed by atoms with E-state index in [0.717, 1.165) is 11.1 Å². The molecule has 0 amide bonds. The van der Waals surface area contributed by atoms with Crippen LogP contribution in [0.5, 0.6) is 0 Å². The summed E-state index contributed by atoms with van der Waals surface area (Å²) in [5.41, 5.74) is 2.35. The quantitative estimate of drug-likeness (QED) is 0.506. The zero-order chi connectivity index (χ0) is 24.3. The van der Waals surface area contributed by atoms with Crippen LogP contribution < -0.4 is 4.90 Å². The Morgan fingerprint density at radius 2 is 1.74 bits per heavy atom. The molecule has 1 saturated heterocycles. The Labute approximate surface area is 203 Å². The third-order valence-electron chi connectivity index (χ3n) is 5.31. The summed E-state index contributed by atoms with van der Waals surface area (Å²) in [6, 6.07) is 12.9. The minimum atomic E-state index is -4.14. The normalized spacial score (nSPS) is 14.9. The first-order valence-electron chi connectivity index (χ1n) is 10.8. The number of carbonyl (C=O) groups is 1. The molecule has 3 heterocycles. The summed E-state index contributed by atoms with van der Waals surface area (Å²) in [4.78, 5) is 27.4. The molecular formula is C23H24ClN5O4S. The number of nitrogens with zero attached hydrogens (tertiary/aromatic N) is 5. The number of halogens is 1. The Hall–Kier alpha value is -3.08. The Balaban J connectivity index is 1.60. The standard InChI is InChI=1S/C23H24ClN5O4S/c1-16(2)23(30)33-34(31,32)29-12-10-28(11-13-29)21-14-20(17-5-7-19(24)8-6-17)26-22(27-21)18-4-3-9-25-15-18/h3-9,14-16H,10-13H2,1-2H3. The third-order valence-corrected chi connectivity index (χ3v) is 6.93. The number of rotatable bonds is 6. The first kappa shape index (κ1) is 24.1. The molecule has 0 saturated carbocycles. The lowest BCUT2D eigenvalue weighted by atomic mass is 10.1. The minimum Gasteiger partial charge on any atom is -0.354 e. The molecule has 1 aromatic carbocycles. The van der Waals surface area contributed by atoms with E-state index in [1.807, 2.05) is 35.2 Å². The van der Waals surface area contributed by atoms with E-state index in [1.54, 1.807) is 38.4 Å². The van der Waals surface area contributed by atoms with Gasteiger partial charge in [0.05, 0.1) is 11.6 Å². The summed E-state index contributed by atoms with van der Waals surface area (Å²) in [7, 11) is -4.14. The summed E-state index contributed by atoms with van der Waals surface area (Å²) < 4.78 is 30.9. The Bertz CT molecular complexity index is 1260. The monoisotopic (exact) mass is 501 g/mol. The van der Waals surface area contributed by atoms with E-state index in [0.29, 0.717) is 35.4 Å². The fourth-order valence-electron chi connectivity index (χ4n) is 3.38. The van der Waals surface area contributed by atoms with Gasteiger partial charge in [0, 0.05) is 60.8 Å². The maximum atomic E-state index is 12.5. The van der Waals surface area contributed by atoms with Gasteiger partial charge in [-0.15, -0.1) is 0 Å². The molecule has 0 bridgehead atoms. The first-order valence-corrected chi connectivity index (χ1v) is 12.5. The minimum absolute atomic E-state index is 0.163. The summed E-state index contributed by atoms with van der Waals surface area (Å²) in [6.07, 6.45) is 3.37.